The van der Waals surface area contributed by atoms with Gasteiger partial charge in [-0.15, -0.1) is 0 Å². The lowest BCUT2D eigenvalue weighted by Crippen LogP contribution is -2.46. The SMILES string of the molecule is NC(C(=O)NCc1cccc(COCc2ccccc2)c1)C1CCOCC1. The lowest BCUT2D eigenvalue weighted by Gasteiger charge is -2.26. The van der Waals surface area contributed by atoms with E-state index in [0.717, 1.165) is 29.5 Å². The van der Waals surface area contributed by atoms with Gasteiger partial charge in [0.1, 0.15) is 0 Å². The zero-order chi connectivity index (χ0) is 18.9. The first kappa shape index (κ1) is 19.5. The van der Waals surface area contributed by atoms with Gasteiger partial charge < -0.3 is 20.5 Å². The third-order valence-corrected chi connectivity index (χ3v) is 4.91. The molecule has 3 N–H and O–H groups in total. The van der Waals surface area contributed by atoms with Gasteiger partial charge in [0, 0.05) is 19.8 Å². The van der Waals surface area contributed by atoms with Gasteiger partial charge in [0.2, 0.25) is 5.91 Å². The standard InChI is InChI=1S/C22H28N2O3/c23-21(20-9-11-26-12-10-20)22(25)24-14-18-7-4-8-19(13-18)16-27-15-17-5-2-1-3-6-17/h1-8,13,20-21H,9-12,14-16,23H2,(H,24,25). The van der Waals surface area contributed by atoms with Crippen molar-refractivity contribution in [2.75, 3.05) is 13.2 Å². The Hall–Kier alpha value is -2.21. The topological polar surface area (TPSA) is 73.6 Å². The first-order chi connectivity index (χ1) is 13.2. The van der Waals surface area contributed by atoms with Crippen LogP contribution in [-0.2, 0) is 34.0 Å². The van der Waals surface area contributed by atoms with E-state index in [1.165, 1.54) is 0 Å². The molecule has 0 radical (unpaired) electrons. The number of hydrogen-bond acceptors (Lipinski definition) is 4. The van der Waals surface area contributed by atoms with Crippen LogP contribution in [0.1, 0.15) is 29.5 Å². The van der Waals surface area contributed by atoms with Crippen LogP contribution in [0.5, 0.6) is 0 Å². The van der Waals surface area contributed by atoms with Crippen molar-refractivity contribution in [3.05, 3.63) is 71.3 Å². The van der Waals surface area contributed by atoms with Crippen LogP contribution in [0.25, 0.3) is 0 Å². The molecule has 27 heavy (non-hydrogen) atoms. The van der Waals surface area contributed by atoms with E-state index in [1.807, 2.05) is 48.5 Å². The van der Waals surface area contributed by atoms with Gasteiger partial charge in [0.25, 0.3) is 0 Å². The van der Waals surface area contributed by atoms with E-state index in [0.29, 0.717) is 33.0 Å². The van der Waals surface area contributed by atoms with Gasteiger partial charge in [0.15, 0.2) is 0 Å². The summed E-state index contributed by atoms with van der Waals surface area (Å²) in [6, 6.07) is 17.7. The second-order valence-corrected chi connectivity index (χ2v) is 6.99. The number of nitrogens with two attached hydrogens (primary N) is 1. The number of rotatable bonds is 8. The van der Waals surface area contributed by atoms with Gasteiger partial charge in [-0.05, 0) is 35.4 Å². The number of benzene rings is 2. The molecular formula is C22H28N2O3. The summed E-state index contributed by atoms with van der Waals surface area (Å²) in [5.41, 5.74) is 9.41. The third-order valence-electron chi connectivity index (χ3n) is 4.91. The maximum atomic E-state index is 12.3. The maximum Gasteiger partial charge on any atom is 0.237 e. The third kappa shape index (κ3) is 6.17. The van der Waals surface area contributed by atoms with Gasteiger partial charge >= 0.3 is 0 Å². The first-order valence-electron chi connectivity index (χ1n) is 9.53. The molecule has 144 valence electrons. The number of carbonyl (C=O) groups excluding carboxylic acids is 1. The molecule has 0 bridgehead atoms. The molecule has 0 aromatic heterocycles. The Morgan fingerprint density at radius 3 is 2.48 bits per heavy atom. The fraction of sp³-hybridized carbons (Fsp3) is 0.409. The van der Waals surface area contributed by atoms with Crippen LogP contribution in [-0.4, -0.2) is 25.2 Å². The predicted octanol–water partition coefficient (Wildman–Crippen LogP) is 2.77. The Labute approximate surface area is 160 Å². The average Bonchev–Trinajstić information content (AvgIpc) is 2.73. The Morgan fingerprint density at radius 1 is 1.04 bits per heavy atom. The number of ether oxygens (including phenoxy) is 2. The van der Waals surface area contributed by atoms with E-state index in [9.17, 15) is 4.79 Å². The molecule has 1 saturated heterocycles. The van der Waals surface area contributed by atoms with Crippen molar-refractivity contribution < 1.29 is 14.3 Å². The van der Waals surface area contributed by atoms with Crippen molar-refractivity contribution >= 4 is 5.91 Å². The highest BCUT2D eigenvalue weighted by atomic mass is 16.5. The molecule has 5 nitrogen and oxygen atoms in total. The molecule has 5 heteroatoms. The maximum absolute atomic E-state index is 12.3. The van der Waals surface area contributed by atoms with E-state index >= 15 is 0 Å². The number of hydrogen-bond donors (Lipinski definition) is 2. The van der Waals surface area contributed by atoms with Crippen LogP contribution in [0.4, 0.5) is 0 Å². The summed E-state index contributed by atoms with van der Waals surface area (Å²) in [7, 11) is 0. The molecule has 1 heterocycles. The molecule has 1 unspecified atom stereocenters. The minimum absolute atomic E-state index is 0.0902. The van der Waals surface area contributed by atoms with Gasteiger partial charge in [-0.3, -0.25) is 4.79 Å². The molecule has 2 aromatic rings. The van der Waals surface area contributed by atoms with Gasteiger partial charge in [-0.1, -0.05) is 54.6 Å². The van der Waals surface area contributed by atoms with Crippen molar-refractivity contribution in [1.29, 1.82) is 0 Å². The summed E-state index contributed by atoms with van der Waals surface area (Å²) in [5.74, 6) is 0.115. The quantitative estimate of drug-likeness (QED) is 0.751. The van der Waals surface area contributed by atoms with Gasteiger partial charge in [-0.2, -0.15) is 0 Å². The van der Waals surface area contributed by atoms with Crippen molar-refractivity contribution in [2.45, 2.75) is 38.6 Å². The smallest absolute Gasteiger partial charge is 0.237 e. The van der Waals surface area contributed by atoms with E-state index < -0.39 is 6.04 Å². The van der Waals surface area contributed by atoms with Crippen LogP contribution in [0.2, 0.25) is 0 Å². The summed E-state index contributed by atoms with van der Waals surface area (Å²) in [4.78, 5) is 12.3. The lowest BCUT2D eigenvalue weighted by atomic mass is 9.92. The molecule has 3 rings (SSSR count). The fourth-order valence-corrected chi connectivity index (χ4v) is 3.29. The summed E-state index contributed by atoms with van der Waals surface area (Å²) in [5, 5.41) is 2.96. The number of amides is 1. The normalized spacial score (nSPS) is 16.0. The molecule has 1 amide bonds. The average molecular weight is 368 g/mol. The monoisotopic (exact) mass is 368 g/mol. The summed E-state index contributed by atoms with van der Waals surface area (Å²) in [6.07, 6.45) is 1.70. The van der Waals surface area contributed by atoms with Crippen molar-refractivity contribution in [3.8, 4) is 0 Å². The zero-order valence-electron chi connectivity index (χ0n) is 15.6. The Morgan fingerprint density at radius 2 is 1.70 bits per heavy atom. The van der Waals surface area contributed by atoms with Crippen LogP contribution in [0.15, 0.2) is 54.6 Å². The fourth-order valence-electron chi connectivity index (χ4n) is 3.29. The first-order valence-corrected chi connectivity index (χ1v) is 9.53. The molecule has 1 atom stereocenters. The summed E-state index contributed by atoms with van der Waals surface area (Å²) < 4.78 is 11.1. The Kier molecular flexibility index (Phi) is 7.39. The Balaban J connectivity index is 1.45. The van der Waals surface area contributed by atoms with Crippen LogP contribution >= 0.6 is 0 Å². The highest BCUT2D eigenvalue weighted by Crippen LogP contribution is 2.17. The van der Waals surface area contributed by atoms with Crippen molar-refractivity contribution in [1.82, 2.24) is 5.32 Å². The largest absolute Gasteiger partial charge is 0.381 e. The van der Waals surface area contributed by atoms with Crippen molar-refractivity contribution in [2.24, 2.45) is 11.7 Å². The number of carbonyl (C=O) groups is 1. The molecule has 2 aromatic carbocycles. The lowest BCUT2D eigenvalue weighted by molar-refractivity contribution is -0.124. The second kappa shape index (κ2) is 10.2. The van der Waals surface area contributed by atoms with Crippen LogP contribution in [0, 0.1) is 5.92 Å². The van der Waals surface area contributed by atoms with Gasteiger partial charge in [-0.25, -0.2) is 0 Å². The molecule has 1 aliphatic heterocycles. The predicted molar refractivity (Wildman–Crippen MR) is 105 cm³/mol. The molecule has 0 aliphatic carbocycles. The summed E-state index contributed by atoms with van der Waals surface area (Å²) >= 11 is 0. The molecule has 0 saturated carbocycles. The van der Waals surface area contributed by atoms with E-state index in [4.69, 9.17) is 15.2 Å². The molecule has 0 spiro atoms. The summed E-state index contributed by atoms with van der Waals surface area (Å²) in [6.45, 7) is 2.98. The molecule has 1 aliphatic rings. The van der Waals surface area contributed by atoms with Gasteiger partial charge in [0.05, 0.1) is 19.3 Å². The van der Waals surface area contributed by atoms with E-state index in [2.05, 4.69) is 11.4 Å². The molecule has 1 fully saturated rings. The molecular weight excluding hydrogens is 340 g/mol. The highest BCUT2D eigenvalue weighted by molar-refractivity contribution is 5.81. The van der Waals surface area contributed by atoms with Crippen LogP contribution < -0.4 is 11.1 Å². The zero-order valence-corrected chi connectivity index (χ0v) is 15.6. The van der Waals surface area contributed by atoms with Crippen LogP contribution in [0.3, 0.4) is 0 Å². The minimum Gasteiger partial charge on any atom is -0.381 e. The van der Waals surface area contributed by atoms with E-state index in [-0.39, 0.29) is 11.8 Å². The highest BCUT2D eigenvalue weighted by Gasteiger charge is 2.26. The second-order valence-electron chi connectivity index (χ2n) is 6.99. The minimum atomic E-state index is -0.466. The number of nitrogens with one attached hydrogen (secondary N) is 1. The van der Waals surface area contributed by atoms with E-state index in [1.54, 1.807) is 0 Å². The van der Waals surface area contributed by atoms with Crippen molar-refractivity contribution in [3.63, 3.8) is 0 Å². The Bertz CT molecular complexity index is 715.